The number of nitrogens with zero attached hydrogens (tertiary/aromatic N) is 1. The summed E-state index contributed by atoms with van der Waals surface area (Å²) in [7, 11) is 0. The van der Waals surface area contributed by atoms with E-state index < -0.39 is 23.0 Å². The van der Waals surface area contributed by atoms with Crippen LogP contribution in [-0.2, 0) is 4.74 Å². The Morgan fingerprint density at radius 2 is 2.09 bits per heavy atom. The lowest BCUT2D eigenvalue weighted by atomic mass is 10.0. The van der Waals surface area contributed by atoms with Crippen LogP contribution in [0.5, 0.6) is 0 Å². The first-order valence-electron chi connectivity index (χ1n) is 7.19. The number of ether oxygens (including phenoxy) is 1. The summed E-state index contributed by atoms with van der Waals surface area (Å²) < 4.78 is 34.2. The van der Waals surface area contributed by atoms with Gasteiger partial charge in [0.25, 0.3) is 0 Å². The first-order chi connectivity index (χ1) is 10.8. The summed E-state index contributed by atoms with van der Waals surface area (Å²) in [5, 5.41) is -0.0851. The van der Waals surface area contributed by atoms with Gasteiger partial charge in [-0.1, -0.05) is 12.7 Å². The molecule has 1 aromatic heterocycles. The van der Waals surface area contributed by atoms with Gasteiger partial charge >= 0.3 is 5.97 Å². The molecule has 122 valence electrons. The van der Waals surface area contributed by atoms with Crippen LogP contribution in [0, 0.1) is 11.6 Å². The molecule has 2 rings (SSSR count). The van der Waals surface area contributed by atoms with E-state index in [-0.39, 0.29) is 34.7 Å². The van der Waals surface area contributed by atoms with Gasteiger partial charge in [-0.2, -0.15) is 0 Å². The van der Waals surface area contributed by atoms with Crippen LogP contribution in [0.3, 0.4) is 0 Å². The number of rotatable bonds is 4. The van der Waals surface area contributed by atoms with Crippen molar-refractivity contribution < 1.29 is 18.3 Å². The molecule has 4 nitrogen and oxygen atoms in total. The van der Waals surface area contributed by atoms with Crippen LogP contribution in [0.2, 0.25) is 0 Å². The Labute approximate surface area is 132 Å². The third-order valence-corrected chi connectivity index (χ3v) is 3.50. The zero-order chi connectivity index (χ0) is 17.3. The van der Waals surface area contributed by atoms with Crippen molar-refractivity contribution in [3.05, 3.63) is 51.8 Å². The van der Waals surface area contributed by atoms with Crippen molar-refractivity contribution in [1.82, 2.24) is 4.57 Å². The molecule has 0 aliphatic heterocycles. The van der Waals surface area contributed by atoms with Gasteiger partial charge in [0, 0.05) is 17.8 Å². The van der Waals surface area contributed by atoms with Gasteiger partial charge in [0.1, 0.15) is 5.56 Å². The van der Waals surface area contributed by atoms with E-state index in [1.807, 2.05) is 0 Å². The van der Waals surface area contributed by atoms with E-state index in [9.17, 15) is 18.4 Å². The molecule has 0 aliphatic carbocycles. The number of aromatic nitrogens is 1. The molecular weight excluding hydrogens is 304 g/mol. The lowest BCUT2D eigenvalue weighted by molar-refractivity contribution is 0.0524. The molecule has 0 fully saturated rings. The summed E-state index contributed by atoms with van der Waals surface area (Å²) in [5.41, 5.74) is -0.820. The molecule has 0 saturated carbocycles. The quantitative estimate of drug-likeness (QED) is 0.807. The van der Waals surface area contributed by atoms with Gasteiger partial charge in [0.2, 0.25) is 5.43 Å². The second kappa shape index (κ2) is 6.32. The van der Waals surface area contributed by atoms with Crippen LogP contribution in [0.15, 0.2) is 23.6 Å². The molecule has 0 aliphatic rings. The Bertz CT molecular complexity index is 853. The van der Waals surface area contributed by atoms with E-state index in [2.05, 4.69) is 6.58 Å². The van der Waals surface area contributed by atoms with Crippen LogP contribution < -0.4 is 5.43 Å². The van der Waals surface area contributed by atoms with Gasteiger partial charge in [-0.05, 0) is 26.8 Å². The molecule has 0 amide bonds. The number of hydrogen-bond donors (Lipinski definition) is 0. The smallest absolute Gasteiger partial charge is 0.343 e. The van der Waals surface area contributed by atoms with Gasteiger partial charge in [0.15, 0.2) is 11.6 Å². The number of pyridine rings is 1. The highest BCUT2D eigenvalue weighted by Crippen LogP contribution is 2.26. The highest BCUT2D eigenvalue weighted by Gasteiger charge is 2.22. The molecule has 0 N–H and O–H groups in total. The van der Waals surface area contributed by atoms with Crippen LogP contribution in [0.4, 0.5) is 8.78 Å². The van der Waals surface area contributed by atoms with E-state index in [0.717, 1.165) is 12.1 Å². The summed E-state index contributed by atoms with van der Waals surface area (Å²) in [6.07, 6.45) is 2.47. The summed E-state index contributed by atoms with van der Waals surface area (Å²) in [5.74, 6) is -3.04. The zero-order valence-corrected chi connectivity index (χ0v) is 13.2. The fourth-order valence-electron chi connectivity index (χ4n) is 2.44. The predicted octanol–water partition coefficient (Wildman–Crippen LogP) is 3.68. The monoisotopic (exact) mass is 321 g/mol. The molecule has 0 radical (unpaired) electrons. The van der Waals surface area contributed by atoms with Crippen molar-refractivity contribution >= 4 is 22.9 Å². The normalized spacial score (nSPS) is 11.0. The summed E-state index contributed by atoms with van der Waals surface area (Å²) in [4.78, 5) is 24.5. The predicted molar refractivity (Wildman–Crippen MR) is 84.6 cm³/mol. The number of esters is 1. The van der Waals surface area contributed by atoms with Crippen molar-refractivity contribution in [2.24, 2.45) is 0 Å². The van der Waals surface area contributed by atoms with Gasteiger partial charge in [-0.15, -0.1) is 0 Å². The number of carbonyl (C=O) groups is 1. The fraction of sp³-hybridized carbons (Fsp3) is 0.294. The number of benzene rings is 1. The van der Waals surface area contributed by atoms with Crippen molar-refractivity contribution in [3.63, 3.8) is 0 Å². The third kappa shape index (κ3) is 2.76. The maximum Gasteiger partial charge on any atom is 0.343 e. The minimum Gasteiger partial charge on any atom is -0.462 e. The topological polar surface area (TPSA) is 48.3 Å². The Balaban J connectivity index is 3.01. The number of hydrogen-bond acceptors (Lipinski definition) is 3. The fourth-order valence-corrected chi connectivity index (χ4v) is 2.44. The standard InChI is InChI=1S/C17H17F2NO3/c1-5-10-14(19)13(18)7-11-15(10)20(9(3)4)8-12(16(11)21)17(22)23-6-2/h5,7-9H,1,6H2,2-4H3. The molecule has 0 saturated heterocycles. The lowest BCUT2D eigenvalue weighted by Gasteiger charge is -2.18. The molecule has 0 atom stereocenters. The van der Waals surface area contributed by atoms with Crippen LogP contribution in [0.1, 0.15) is 42.7 Å². The minimum atomic E-state index is -1.17. The molecular formula is C17H17F2NO3. The highest BCUT2D eigenvalue weighted by molar-refractivity contribution is 5.96. The second-order valence-corrected chi connectivity index (χ2v) is 5.28. The molecule has 1 aromatic carbocycles. The van der Waals surface area contributed by atoms with E-state index in [1.165, 1.54) is 6.20 Å². The Hall–Kier alpha value is -2.50. The van der Waals surface area contributed by atoms with Crippen molar-refractivity contribution in [1.29, 1.82) is 0 Å². The lowest BCUT2D eigenvalue weighted by Crippen LogP contribution is -2.22. The van der Waals surface area contributed by atoms with Crippen molar-refractivity contribution in [2.45, 2.75) is 26.8 Å². The van der Waals surface area contributed by atoms with Crippen LogP contribution >= 0.6 is 0 Å². The van der Waals surface area contributed by atoms with Gasteiger partial charge < -0.3 is 9.30 Å². The Kier molecular flexibility index (Phi) is 4.63. The largest absolute Gasteiger partial charge is 0.462 e. The number of fused-ring (bicyclic) bond motifs is 1. The van der Waals surface area contributed by atoms with Crippen LogP contribution in [0.25, 0.3) is 17.0 Å². The molecule has 2 aromatic rings. The summed E-state index contributed by atoms with van der Waals surface area (Å²) >= 11 is 0. The first-order valence-corrected chi connectivity index (χ1v) is 7.19. The van der Waals surface area contributed by atoms with E-state index in [0.29, 0.717) is 0 Å². The molecule has 6 heteroatoms. The van der Waals surface area contributed by atoms with E-state index in [4.69, 9.17) is 4.74 Å². The molecule has 0 spiro atoms. The van der Waals surface area contributed by atoms with E-state index in [1.54, 1.807) is 25.3 Å². The van der Waals surface area contributed by atoms with Crippen LogP contribution in [-0.4, -0.2) is 17.1 Å². The van der Waals surface area contributed by atoms with Gasteiger partial charge in [-0.25, -0.2) is 13.6 Å². The Morgan fingerprint density at radius 3 is 2.61 bits per heavy atom. The SMILES string of the molecule is C=Cc1c(F)c(F)cc2c(=O)c(C(=O)OCC)cn(C(C)C)c12. The molecule has 1 heterocycles. The maximum absolute atomic E-state index is 14.0. The van der Waals surface area contributed by atoms with Crippen molar-refractivity contribution in [3.8, 4) is 0 Å². The minimum absolute atomic E-state index is 0.0851. The second-order valence-electron chi connectivity index (χ2n) is 5.28. The zero-order valence-electron chi connectivity index (χ0n) is 13.2. The number of carbonyl (C=O) groups excluding carboxylic acids is 1. The third-order valence-electron chi connectivity index (χ3n) is 3.50. The van der Waals surface area contributed by atoms with Gasteiger partial charge in [0.05, 0.1) is 17.5 Å². The van der Waals surface area contributed by atoms with Crippen molar-refractivity contribution in [2.75, 3.05) is 6.61 Å². The first kappa shape index (κ1) is 16.9. The number of halogens is 2. The van der Waals surface area contributed by atoms with Gasteiger partial charge in [-0.3, -0.25) is 4.79 Å². The summed E-state index contributed by atoms with van der Waals surface area (Å²) in [6.45, 7) is 8.80. The average molecular weight is 321 g/mol. The summed E-state index contributed by atoms with van der Waals surface area (Å²) in [6, 6.07) is 0.608. The molecule has 0 bridgehead atoms. The van der Waals surface area contributed by atoms with E-state index >= 15 is 0 Å². The Morgan fingerprint density at radius 1 is 1.43 bits per heavy atom. The maximum atomic E-state index is 14.0. The molecule has 0 unspecified atom stereocenters. The average Bonchev–Trinajstić information content (AvgIpc) is 2.49. The highest BCUT2D eigenvalue weighted by atomic mass is 19.2. The molecule has 23 heavy (non-hydrogen) atoms.